The predicted molar refractivity (Wildman–Crippen MR) is 67.8 cm³/mol. The van der Waals surface area contributed by atoms with Crippen LogP contribution in [0.3, 0.4) is 0 Å². The van der Waals surface area contributed by atoms with E-state index in [-0.39, 0.29) is 0 Å². The molecule has 0 rings (SSSR count). The largest absolute Gasteiger partial charge is 0.127 e. The minimum atomic E-state index is -0.499. The van der Waals surface area contributed by atoms with Crippen LogP contribution in [0.2, 0.25) is 0 Å². The third kappa shape index (κ3) is 9.43. The lowest BCUT2D eigenvalue weighted by atomic mass is 10.1. The zero-order chi connectivity index (χ0) is 10.9. The van der Waals surface area contributed by atoms with Gasteiger partial charge in [0.2, 0.25) is 0 Å². The molecule has 0 spiro atoms. The number of halogens is 3. The summed E-state index contributed by atoms with van der Waals surface area (Å²) in [5.74, 6) is 0.743. The smallest absolute Gasteiger partial charge is 0.118 e. The van der Waals surface area contributed by atoms with Crippen LogP contribution in [0.25, 0.3) is 0 Å². The molecule has 0 unspecified atom stereocenters. The molecule has 3 heteroatoms. The van der Waals surface area contributed by atoms with Crippen LogP contribution in [0.15, 0.2) is 0 Å². The fraction of sp³-hybridized carbons (Fsp3) is 1.00. The van der Waals surface area contributed by atoms with Crippen molar-refractivity contribution >= 4 is 34.8 Å². The highest BCUT2D eigenvalue weighted by Crippen LogP contribution is 2.33. The third-order valence-electron chi connectivity index (χ3n) is 2.32. The van der Waals surface area contributed by atoms with Crippen LogP contribution in [-0.4, -0.2) is 10.2 Å². The molecule has 0 fully saturated rings. The van der Waals surface area contributed by atoms with Crippen molar-refractivity contribution in [2.45, 2.75) is 62.6 Å². The van der Waals surface area contributed by atoms with Crippen molar-refractivity contribution in [3.8, 4) is 0 Å². The van der Waals surface area contributed by atoms with Crippen molar-refractivity contribution < 1.29 is 0 Å². The molecule has 0 nitrogen and oxygen atoms in total. The summed E-state index contributed by atoms with van der Waals surface area (Å²) in [6.45, 7) is 2.19. The van der Waals surface area contributed by atoms with Gasteiger partial charge in [-0.2, -0.15) is 0 Å². The molecule has 0 N–H and O–H groups in total. The Morgan fingerprint density at radius 3 is 1.93 bits per heavy atom. The molecule has 0 heterocycles. The molecule has 14 heavy (non-hydrogen) atoms. The lowest BCUT2D eigenvalue weighted by Gasteiger charge is -2.18. The van der Waals surface area contributed by atoms with Crippen LogP contribution >= 0.6 is 34.8 Å². The Bertz CT molecular complexity index is 124. The maximum absolute atomic E-state index is 6.18. The Morgan fingerprint density at radius 1 is 0.857 bits per heavy atom. The Labute approximate surface area is 103 Å². The predicted octanol–water partition coefficient (Wildman–Crippen LogP) is 5.54. The summed E-state index contributed by atoms with van der Waals surface area (Å²) in [7, 11) is 0. The zero-order valence-electron chi connectivity index (χ0n) is 9.00. The van der Waals surface area contributed by atoms with Gasteiger partial charge in [-0.25, -0.2) is 0 Å². The second kappa shape index (κ2) is 9.12. The standard InChI is InChI=1S/C11H21Cl3/c1-2-3-5-8-11(13,14)9-6-4-7-10-12/h2-10H2,1H3. The van der Waals surface area contributed by atoms with Crippen LogP contribution in [-0.2, 0) is 0 Å². The number of hydrogen-bond donors (Lipinski definition) is 0. The van der Waals surface area contributed by atoms with Crippen LogP contribution < -0.4 is 0 Å². The highest BCUT2D eigenvalue weighted by molar-refractivity contribution is 6.48. The monoisotopic (exact) mass is 258 g/mol. The van der Waals surface area contributed by atoms with E-state index in [1.165, 1.54) is 12.8 Å². The van der Waals surface area contributed by atoms with E-state index in [4.69, 9.17) is 34.8 Å². The van der Waals surface area contributed by atoms with Gasteiger partial charge in [0.15, 0.2) is 0 Å². The first-order valence-corrected chi connectivity index (χ1v) is 6.85. The fourth-order valence-corrected chi connectivity index (χ4v) is 2.14. The van der Waals surface area contributed by atoms with Crippen molar-refractivity contribution in [2.24, 2.45) is 0 Å². The molecule has 0 aliphatic rings. The van der Waals surface area contributed by atoms with Crippen molar-refractivity contribution in [2.75, 3.05) is 5.88 Å². The van der Waals surface area contributed by atoms with Crippen LogP contribution in [0.5, 0.6) is 0 Å². The van der Waals surface area contributed by atoms with Gasteiger partial charge in [0, 0.05) is 5.88 Å². The van der Waals surface area contributed by atoms with E-state index in [1.807, 2.05) is 0 Å². The van der Waals surface area contributed by atoms with E-state index < -0.39 is 4.33 Å². The normalized spacial score (nSPS) is 12.0. The Hall–Kier alpha value is 0.870. The first-order valence-electron chi connectivity index (χ1n) is 5.56. The molecule has 0 saturated heterocycles. The minimum absolute atomic E-state index is 0.499. The molecule has 0 aromatic heterocycles. The lowest BCUT2D eigenvalue weighted by Crippen LogP contribution is -2.12. The number of hydrogen-bond acceptors (Lipinski definition) is 0. The summed E-state index contributed by atoms with van der Waals surface area (Å²) in [5.41, 5.74) is 0. The maximum atomic E-state index is 6.18. The minimum Gasteiger partial charge on any atom is -0.127 e. The van der Waals surface area contributed by atoms with Crippen molar-refractivity contribution in [1.82, 2.24) is 0 Å². The molecule has 0 aliphatic carbocycles. The van der Waals surface area contributed by atoms with E-state index in [1.54, 1.807) is 0 Å². The molecular weight excluding hydrogens is 238 g/mol. The van der Waals surface area contributed by atoms with Gasteiger partial charge >= 0.3 is 0 Å². The Balaban J connectivity index is 3.40. The van der Waals surface area contributed by atoms with Gasteiger partial charge in [0.1, 0.15) is 4.33 Å². The number of unbranched alkanes of at least 4 members (excludes halogenated alkanes) is 4. The summed E-state index contributed by atoms with van der Waals surface area (Å²) < 4.78 is -0.499. The van der Waals surface area contributed by atoms with Gasteiger partial charge in [-0.3, -0.25) is 0 Å². The van der Waals surface area contributed by atoms with E-state index in [0.717, 1.165) is 44.4 Å². The Morgan fingerprint density at radius 2 is 1.43 bits per heavy atom. The van der Waals surface area contributed by atoms with Gasteiger partial charge in [-0.15, -0.1) is 34.8 Å². The topological polar surface area (TPSA) is 0 Å². The van der Waals surface area contributed by atoms with E-state index in [9.17, 15) is 0 Å². The molecule has 0 aliphatic heterocycles. The van der Waals surface area contributed by atoms with Gasteiger partial charge in [-0.1, -0.05) is 39.0 Å². The lowest BCUT2D eigenvalue weighted by molar-refractivity contribution is 0.546. The summed E-state index contributed by atoms with van der Waals surface area (Å²) in [6.07, 6.45) is 8.70. The van der Waals surface area contributed by atoms with Crippen LogP contribution in [0.4, 0.5) is 0 Å². The first kappa shape index (κ1) is 14.9. The fourth-order valence-electron chi connectivity index (χ4n) is 1.41. The quantitative estimate of drug-likeness (QED) is 0.377. The van der Waals surface area contributed by atoms with Gasteiger partial charge in [0.05, 0.1) is 0 Å². The van der Waals surface area contributed by atoms with Crippen molar-refractivity contribution in [1.29, 1.82) is 0 Å². The average molecular weight is 260 g/mol. The number of rotatable bonds is 9. The van der Waals surface area contributed by atoms with E-state index in [0.29, 0.717) is 0 Å². The molecule has 0 radical (unpaired) electrons. The second-order valence-corrected chi connectivity index (χ2v) is 5.83. The maximum Gasteiger partial charge on any atom is 0.118 e. The summed E-state index contributed by atoms with van der Waals surface area (Å²) in [4.78, 5) is 0. The SMILES string of the molecule is CCCCCC(Cl)(Cl)CCCCCCl. The molecular formula is C11H21Cl3. The Kier molecular flexibility index (Phi) is 9.69. The average Bonchev–Trinajstić information content (AvgIpc) is 2.13. The zero-order valence-corrected chi connectivity index (χ0v) is 11.3. The molecule has 0 aromatic rings. The summed E-state index contributed by atoms with van der Waals surface area (Å²) in [5, 5.41) is 0. The molecule has 0 amide bonds. The summed E-state index contributed by atoms with van der Waals surface area (Å²) >= 11 is 18.0. The van der Waals surface area contributed by atoms with Gasteiger partial charge in [-0.05, 0) is 19.3 Å². The van der Waals surface area contributed by atoms with Gasteiger partial charge < -0.3 is 0 Å². The number of alkyl halides is 3. The van der Waals surface area contributed by atoms with E-state index >= 15 is 0 Å². The molecule has 0 atom stereocenters. The molecule has 0 bridgehead atoms. The van der Waals surface area contributed by atoms with Crippen molar-refractivity contribution in [3.63, 3.8) is 0 Å². The van der Waals surface area contributed by atoms with Gasteiger partial charge in [0.25, 0.3) is 0 Å². The molecule has 0 aromatic carbocycles. The van der Waals surface area contributed by atoms with Crippen LogP contribution in [0.1, 0.15) is 58.3 Å². The van der Waals surface area contributed by atoms with Crippen molar-refractivity contribution in [3.05, 3.63) is 0 Å². The van der Waals surface area contributed by atoms with E-state index in [2.05, 4.69) is 6.92 Å². The molecule has 0 saturated carbocycles. The third-order valence-corrected chi connectivity index (χ3v) is 3.35. The second-order valence-electron chi connectivity index (χ2n) is 3.81. The highest BCUT2D eigenvalue weighted by atomic mass is 35.5. The highest BCUT2D eigenvalue weighted by Gasteiger charge is 2.22. The summed E-state index contributed by atoms with van der Waals surface area (Å²) in [6, 6.07) is 0. The molecule has 86 valence electrons. The first-order chi connectivity index (χ1) is 6.62. The van der Waals surface area contributed by atoms with Crippen LogP contribution in [0, 0.1) is 0 Å².